The number of hydrogen-bond acceptors (Lipinski definition) is 3. The fourth-order valence-corrected chi connectivity index (χ4v) is 1.57. The molecule has 0 aliphatic carbocycles. The molecule has 1 aromatic rings. The molecule has 1 unspecified atom stereocenters. The van der Waals surface area contributed by atoms with E-state index in [1.165, 1.54) is 0 Å². The molecule has 0 saturated carbocycles. The minimum Gasteiger partial charge on any atom is -0.479 e. The summed E-state index contributed by atoms with van der Waals surface area (Å²) >= 11 is 3.30. The molecule has 3 nitrogen and oxygen atoms in total. The zero-order valence-electron chi connectivity index (χ0n) is 7.83. The van der Waals surface area contributed by atoms with Crippen LogP contribution in [0.25, 0.3) is 0 Å². The van der Waals surface area contributed by atoms with Crippen LogP contribution in [0.3, 0.4) is 0 Å². The SMILES string of the molecule is CCOC(=N)C(O)c1ccccc1Br. The van der Waals surface area contributed by atoms with Crippen molar-refractivity contribution in [1.82, 2.24) is 0 Å². The highest BCUT2D eigenvalue weighted by Crippen LogP contribution is 2.23. The van der Waals surface area contributed by atoms with Crippen LogP contribution in [0.1, 0.15) is 18.6 Å². The van der Waals surface area contributed by atoms with Crippen molar-refractivity contribution >= 4 is 21.8 Å². The van der Waals surface area contributed by atoms with Gasteiger partial charge >= 0.3 is 0 Å². The Hall–Kier alpha value is -0.870. The third kappa shape index (κ3) is 2.56. The third-order valence-corrected chi connectivity index (χ3v) is 2.47. The summed E-state index contributed by atoms with van der Waals surface area (Å²) in [5.74, 6) is -0.126. The van der Waals surface area contributed by atoms with E-state index in [2.05, 4.69) is 15.9 Å². The third-order valence-electron chi connectivity index (χ3n) is 1.75. The smallest absolute Gasteiger partial charge is 0.214 e. The average molecular weight is 258 g/mol. The molecular weight excluding hydrogens is 246 g/mol. The summed E-state index contributed by atoms with van der Waals surface area (Å²) in [6.07, 6.45) is -0.995. The molecule has 1 rings (SSSR count). The van der Waals surface area contributed by atoms with E-state index in [1.807, 2.05) is 18.2 Å². The number of aliphatic hydroxyl groups is 1. The molecule has 76 valence electrons. The Kier molecular flexibility index (Phi) is 4.10. The lowest BCUT2D eigenvalue weighted by Gasteiger charge is -2.13. The zero-order valence-corrected chi connectivity index (χ0v) is 9.41. The molecule has 0 aliphatic heterocycles. The molecular formula is C10H12BrNO2. The molecule has 4 heteroatoms. The second kappa shape index (κ2) is 5.12. The van der Waals surface area contributed by atoms with Gasteiger partial charge in [-0.05, 0) is 13.0 Å². The van der Waals surface area contributed by atoms with E-state index in [4.69, 9.17) is 10.1 Å². The molecule has 0 spiro atoms. The molecule has 0 fully saturated rings. The molecule has 14 heavy (non-hydrogen) atoms. The number of halogens is 1. The van der Waals surface area contributed by atoms with Crippen molar-refractivity contribution in [1.29, 1.82) is 5.41 Å². The Morgan fingerprint density at radius 2 is 2.21 bits per heavy atom. The van der Waals surface area contributed by atoms with Crippen LogP contribution in [-0.4, -0.2) is 17.6 Å². The van der Waals surface area contributed by atoms with E-state index < -0.39 is 6.10 Å². The Bertz CT molecular complexity index is 328. The lowest BCUT2D eigenvalue weighted by atomic mass is 10.1. The van der Waals surface area contributed by atoms with E-state index >= 15 is 0 Å². The highest BCUT2D eigenvalue weighted by molar-refractivity contribution is 9.10. The van der Waals surface area contributed by atoms with Crippen LogP contribution < -0.4 is 0 Å². The van der Waals surface area contributed by atoms with E-state index in [9.17, 15) is 5.11 Å². The van der Waals surface area contributed by atoms with E-state index in [1.54, 1.807) is 13.0 Å². The first-order chi connectivity index (χ1) is 6.66. The van der Waals surface area contributed by atoms with Crippen molar-refractivity contribution in [2.75, 3.05) is 6.61 Å². The normalized spacial score (nSPS) is 12.2. The lowest BCUT2D eigenvalue weighted by Crippen LogP contribution is -2.14. The summed E-state index contributed by atoms with van der Waals surface area (Å²) in [6.45, 7) is 2.17. The number of nitrogens with one attached hydrogen (secondary N) is 1. The van der Waals surface area contributed by atoms with Crippen LogP contribution in [0.4, 0.5) is 0 Å². The number of benzene rings is 1. The number of rotatable bonds is 3. The molecule has 0 heterocycles. The van der Waals surface area contributed by atoms with Gasteiger partial charge < -0.3 is 9.84 Å². The van der Waals surface area contributed by atoms with Gasteiger partial charge in [-0.2, -0.15) is 0 Å². The van der Waals surface area contributed by atoms with Crippen molar-refractivity contribution < 1.29 is 9.84 Å². The van der Waals surface area contributed by atoms with Gasteiger partial charge in [-0.25, -0.2) is 0 Å². The minimum atomic E-state index is -0.995. The topological polar surface area (TPSA) is 53.3 Å². The molecule has 0 bridgehead atoms. The molecule has 0 amide bonds. The summed E-state index contributed by atoms with van der Waals surface area (Å²) in [5.41, 5.74) is 0.644. The van der Waals surface area contributed by atoms with Crippen LogP contribution in [0.2, 0.25) is 0 Å². The summed E-state index contributed by atoms with van der Waals surface area (Å²) < 4.78 is 5.70. The number of aliphatic hydroxyl groups excluding tert-OH is 1. The number of hydrogen-bond donors (Lipinski definition) is 2. The summed E-state index contributed by atoms with van der Waals surface area (Å²) in [5, 5.41) is 17.2. The van der Waals surface area contributed by atoms with Gasteiger partial charge in [0.15, 0.2) is 6.10 Å². The largest absolute Gasteiger partial charge is 0.479 e. The van der Waals surface area contributed by atoms with Gasteiger partial charge in [0, 0.05) is 10.0 Å². The van der Waals surface area contributed by atoms with E-state index in [0.29, 0.717) is 12.2 Å². The fourth-order valence-electron chi connectivity index (χ4n) is 1.07. The van der Waals surface area contributed by atoms with Crippen LogP contribution in [0, 0.1) is 5.41 Å². The maximum Gasteiger partial charge on any atom is 0.214 e. The van der Waals surface area contributed by atoms with Crippen molar-refractivity contribution in [2.45, 2.75) is 13.0 Å². The summed E-state index contributed by atoms with van der Waals surface area (Å²) in [7, 11) is 0. The van der Waals surface area contributed by atoms with Crippen LogP contribution in [0.5, 0.6) is 0 Å². The Balaban J connectivity index is 2.84. The predicted molar refractivity (Wildman–Crippen MR) is 58.5 cm³/mol. The highest BCUT2D eigenvalue weighted by Gasteiger charge is 2.16. The predicted octanol–water partition coefficient (Wildman–Crippen LogP) is 2.50. The Labute approximate surface area is 91.4 Å². The molecule has 0 aliphatic rings. The Morgan fingerprint density at radius 1 is 1.57 bits per heavy atom. The van der Waals surface area contributed by atoms with Gasteiger partial charge in [0.05, 0.1) is 6.61 Å². The maximum absolute atomic E-state index is 9.72. The highest BCUT2D eigenvalue weighted by atomic mass is 79.9. The zero-order chi connectivity index (χ0) is 10.6. The fraction of sp³-hybridized carbons (Fsp3) is 0.300. The van der Waals surface area contributed by atoms with Gasteiger partial charge in [0.2, 0.25) is 5.90 Å². The standard InChI is InChI=1S/C10H12BrNO2/c1-2-14-10(12)9(13)7-5-3-4-6-8(7)11/h3-6,9,12-13H,2H2,1H3. The van der Waals surface area contributed by atoms with Gasteiger partial charge in [0.1, 0.15) is 0 Å². The first-order valence-corrected chi connectivity index (χ1v) is 5.09. The summed E-state index contributed by atoms with van der Waals surface area (Å²) in [6, 6.07) is 7.23. The van der Waals surface area contributed by atoms with Gasteiger partial charge in [-0.15, -0.1) is 0 Å². The second-order valence-corrected chi connectivity index (χ2v) is 3.58. The van der Waals surface area contributed by atoms with Gasteiger partial charge in [0.25, 0.3) is 0 Å². The van der Waals surface area contributed by atoms with Crippen molar-refractivity contribution in [2.24, 2.45) is 0 Å². The number of ether oxygens (including phenoxy) is 1. The van der Waals surface area contributed by atoms with Crippen molar-refractivity contribution in [3.05, 3.63) is 34.3 Å². The first kappa shape index (κ1) is 11.2. The van der Waals surface area contributed by atoms with Gasteiger partial charge in [-0.3, -0.25) is 5.41 Å². The molecule has 0 saturated heterocycles. The van der Waals surface area contributed by atoms with Crippen LogP contribution >= 0.6 is 15.9 Å². The molecule has 1 atom stereocenters. The molecule has 0 aromatic heterocycles. The monoisotopic (exact) mass is 257 g/mol. The van der Waals surface area contributed by atoms with Crippen molar-refractivity contribution in [3.8, 4) is 0 Å². The first-order valence-electron chi connectivity index (χ1n) is 4.30. The van der Waals surface area contributed by atoms with Crippen LogP contribution in [0.15, 0.2) is 28.7 Å². The summed E-state index contributed by atoms with van der Waals surface area (Å²) in [4.78, 5) is 0. The van der Waals surface area contributed by atoms with E-state index in [0.717, 1.165) is 4.47 Å². The molecule has 2 N–H and O–H groups in total. The Morgan fingerprint density at radius 3 is 2.79 bits per heavy atom. The molecule has 1 aromatic carbocycles. The second-order valence-electron chi connectivity index (χ2n) is 2.72. The quantitative estimate of drug-likeness (QED) is 0.646. The van der Waals surface area contributed by atoms with Crippen molar-refractivity contribution in [3.63, 3.8) is 0 Å². The van der Waals surface area contributed by atoms with E-state index in [-0.39, 0.29) is 5.90 Å². The average Bonchev–Trinajstić information content (AvgIpc) is 2.18. The lowest BCUT2D eigenvalue weighted by molar-refractivity contribution is 0.190. The van der Waals surface area contributed by atoms with Gasteiger partial charge in [-0.1, -0.05) is 34.1 Å². The molecule has 0 radical (unpaired) electrons. The maximum atomic E-state index is 9.72. The minimum absolute atomic E-state index is 0.126. The van der Waals surface area contributed by atoms with Crippen LogP contribution in [-0.2, 0) is 4.74 Å².